The molecule has 1 unspecified atom stereocenters. The second-order valence-electron chi connectivity index (χ2n) is 5.19. The van der Waals surface area contributed by atoms with E-state index in [0.29, 0.717) is 18.7 Å². The molecule has 0 saturated heterocycles. The minimum Gasteiger partial charge on any atom is -0.486 e. The Hall–Kier alpha value is -1.76. The first-order valence-corrected chi connectivity index (χ1v) is 8.11. The molecule has 0 bridgehead atoms. The van der Waals surface area contributed by atoms with Gasteiger partial charge in [0.05, 0.1) is 6.54 Å². The Morgan fingerprint density at radius 2 is 1.86 bits per heavy atom. The molecule has 0 fully saturated rings. The van der Waals surface area contributed by atoms with Crippen LogP contribution in [0.1, 0.15) is 10.4 Å². The molecular weight excluding hydrogens is 393 g/mol. The molecule has 1 amide bonds. The number of ether oxygens (including phenoxy) is 2. The third kappa shape index (κ3) is 3.35. The fraction of sp³-hybridized carbons (Fsp3) is 0.235. The van der Waals surface area contributed by atoms with Crippen LogP contribution in [0.3, 0.4) is 0 Å². The van der Waals surface area contributed by atoms with Gasteiger partial charge in [-0.2, -0.15) is 0 Å². The molecule has 0 saturated carbocycles. The van der Waals surface area contributed by atoms with Gasteiger partial charge in [0.25, 0.3) is 5.91 Å². The SMILES string of the molecule is CN(CC1COc2ccccc2O1)C(=O)c1ccc(I)cc1. The molecule has 1 atom stereocenters. The number of benzene rings is 2. The van der Waals surface area contributed by atoms with Crippen molar-refractivity contribution in [3.8, 4) is 11.5 Å². The van der Waals surface area contributed by atoms with Crippen LogP contribution in [0.2, 0.25) is 0 Å². The monoisotopic (exact) mass is 409 g/mol. The first-order chi connectivity index (χ1) is 10.6. The van der Waals surface area contributed by atoms with Crippen LogP contribution in [0.5, 0.6) is 11.5 Å². The summed E-state index contributed by atoms with van der Waals surface area (Å²) in [5.41, 5.74) is 0.681. The van der Waals surface area contributed by atoms with Crippen molar-refractivity contribution in [2.75, 3.05) is 20.2 Å². The van der Waals surface area contributed by atoms with E-state index in [-0.39, 0.29) is 12.0 Å². The quantitative estimate of drug-likeness (QED) is 0.732. The van der Waals surface area contributed by atoms with E-state index in [0.717, 1.165) is 15.1 Å². The van der Waals surface area contributed by atoms with Gasteiger partial charge in [-0.3, -0.25) is 4.79 Å². The normalized spacial score (nSPS) is 16.2. The van der Waals surface area contributed by atoms with Gasteiger partial charge in [0.2, 0.25) is 0 Å². The number of likely N-dealkylation sites (N-methyl/N-ethyl adjacent to an activating group) is 1. The van der Waals surface area contributed by atoms with Crippen LogP contribution in [0.15, 0.2) is 48.5 Å². The Morgan fingerprint density at radius 3 is 2.59 bits per heavy atom. The molecule has 2 aromatic carbocycles. The van der Waals surface area contributed by atoms with Crippen molar-refractivity contribution < 1.29 is 14.3 Å². The van der Waals surface area contributed by atoms with Gasteiger partial charge in [-0.1, -0.05) is 12.1 Å². The zero-order valence-corrected chi connectivity index (χ0v) is 14.3. The van der Waals surface area contributed by atoms with E-state index in [1.165, 1.54) is 0 Å². The minimum absolute atomic E-state index is 0.0149. The van der Waals surface area contributed by atoms with E-state index >= 15 is 0 Å². The molecule has 3 rings (SSSR count). The van der Waals surface area contributed by atoms with Gasteiger partial charge in [-0.15, -0.1) is 0 Å². The molecule has 0 N–H and O–H groups in total. The number of carbonyl (C=O) groups is 1. The van der Waals surface area contributed by atoms with Crippen LogP contribution in [-0.2, 0) is 0 Å². The highest BCUT2D eigenvalue weighted by molar-refractivity contribution is 14.1. The molecule has 0 aromatic heterocycles. The van der Waals surface area contributed by atoms with Gasteiger partial charge in [-0.25, -0.2) is 0 Å². The van der Waals surface area contributed by atoms with Crippen LogP contribution in [0, 0.1) is 3.57 Å². The molecule has 1 aliphatic rings. The zero-order chi connectivity index (χ0) is 15.5. The third-order valence-corrected chi connectivity index (χ3v) is 4.20. The largest absolute Gasteiger partial charge is 0.486 e. The summed E-state index contributed by atoms with van der Waals surface area (Å²) < 4.78 is 12.7. The Morgan fingerprint density at radius 1 is 1.18 bits per heavy atom. The second kappa shape index (κ2) is 6.56. The van der Waals surface area contributed by atoms with E-state index in [1.54, 1.807) is 11.9 Å². The maximum atomic E-state index is 12.4. The summed E-state index contributed by atoms with van der Waals surface area (Å²) in [6.07, 6.45) is -0.160. The Balaban J connectivity index is 1.64. The molecular formula is C17H16INO3. The number of rotatable bonds is 3. The summed E-state index contributed by atoms with van der Waals surface area (Å²) in [5.74, 6) is 1.47. The van der Waals surface area contributed by atoms with Crippen LogP contribution in [0.4, 0.5) is 0 Å². The molecule has 0 spiro atoms. The van der Waals surface area contributed by atoms with Crippen molar-refractivity contribution in [3.05, 3.63) is 57.7 Å². The highest BCUT2D eigenvalue weighted by atomic mass is 127. The highest BCUT2D eigenvalue weighted by Crippen LogP contribution is 2.31. The van der Waals surface area contributed by atoms with Crippen molar-refractivity contribution in [3.63, 3.8) is 0 Å². The number of carbonyl (C=O) groups excluding carboxylic acids is 1. The van der Waals surface area contributed by atoms with Crippen LogP contribution >= 0.6 is 22.6 Å². The number of hydrogen-bond acceptors (Lipinski definition) is 3. The van der Waals surface area contributed by atoms with Crippen molar-refractivity contribution in [2.45, 2.75) is 6.10 Å². The summed E-state index contributed by atoms with van der Waals surface area (Å²) in [6.45, 7) is 0.931. The van der Waals surface area contributed by atoms with Crippen molar-refractivity contribution >= 4 is 28.5 Å². The molecule has 1 heterocycles. The van der Waals surface area contributed by atoms with Gasteiger partial charge in [0.15, 0.2) is 17.6 Å². The number of hydrogen-bond donors (Lipinski definition) is 0. The average molecular weight is 409 g/mol. The molecule has 22 heavy (non-hydrogen) atoms. The molecule has 114 valence electrons. The van der Waals surface area contributed by atoms with Crippen LogP contribution in [-0.4, -0.2) is 37.1 Å². The topological polar surface area (TPSA) is 38.8 Å². The highest BCUT2D eigenvalue weighted by Gasteiger charge is 2.24. The van der Waals surface area contributed by atoms with Crippen molar-refractivity contribution in [2.24, 2.45) is 0 Å². The molecule has 2 aromatic rings. The Labute approximate surface area is 143 Å². The predicted octanol–water partition coefficient (Wildman–Crippen LogP) is 3.20. The zero-order valence-electron chi connectivity index (χ0n) is 12.2. The van der Waals surface area contributed by atoms with Crippen molar-refractivity contribution in [1.82, 2.24) is 4.90 Å². The summed E-state index contributed by atoms with van der Waals surface area (Å²) in [6, 6.07) is 15.1. The van der Waals surface area contributed by atoms with Crippen LogP contribution < -0.4 is 9.47 Å². The lowest BCUT2D eigenvalue weighted by Crippen LogP contribution is -2.41. The fourth-order valence-electron chi connectivity index (χ4n) is 2.35. The summed E-state index contributed by atoms with van der Waals surface area (Å²) in [7, 11) is 1.78. The van der Waals surface area contributed by atoms with Gasteiger partial charge >= 0.3 is 0 Å². The lowest BCUT2D eigenvalue weighted by Gasteiger charge is -2.29. The van der Waals surface area contributed by atoms with Crippen LogP contribution in [0.25, 0.3) is 0 Å². The summed E-state index contributed by atoms with van der Waals surface area (Å²) in [4.78, 5) is 14.1. The molecule has 4 nitrogen and oxygen atoms in total. The second-order valence-corrected chi connectivity index (χ2v) is 6.44. The lowest BCUT2D eigenvalue weighted by atomic mass is 10.2. The maximum Gasteiger partial charge on any atom is 0.253 e. The number of halogens is 1. The smallest absolute Gasteiger partial charge is 0.253 e. The molecule has 0 radical (unpaired) electrons. The van der Waals surface area contributed by atoms with E-state index in [2.05, 4.69) is 22.6 Å². The van der Waals surface area contributed by atoms with Gasteiger partial charge < -0.3 is 14.4 Å². The van der Waals surface area contributed by atoms with E-state index < -0.39 is 0 Å². The van der Waals surface area contributed by atoms with E-state index in [9.17, 15) is 4.79 Å². The number of amides is 1. The minimum atomic E-state index is -0.160. The fourth-order valence-corrected chi connectivity index (χ4v) is 2.71. The summed E-state index contributed by atoms with van der Waals surface area (Å²) >= 11 is 2.22. The number of nitrogens with zero attached hydrogens (tertiary/aromatic N) is 1. The Bertz CT molecular complexity index is 672. The predicted molar refractivity (Wildman–Crippen MR) is 92.5 cm³/mol. The van der Waals surface area contributed by atoms with Gasteiger partial charge in [-0.05, 0) is 59.0 Å². The first kappa shape index (κ1) is 15.1. The lowest BCUT2D eigenvalue weighted by molar-refractivity contribution is 0.0521. The van der Waals surface area contributed by atoms with Gasteiger partial charge in [0.1, 0.15) is 6.61 Å². The molecule has 5 heteroatoms. The summed E-state index contributed by atoms with van der Waals surface area (Å²) in [5, 5.41) is 0. The van der Waals surface area contributed by atoms with Crippen molar-refractivity contribution in [1.29, 1.82) is 0 Å². The Kier molecular flexibility index (Phi) is 4.52. The third-order valence-electron chi connectivity index (χ3n) is 3.48. The van der Waals surface area contributed by atoms with Gasteiger partial charge in [0, 0.05) is 16.2 Å². The average Bonchev–Trinajstić information content (AvgIpc) is 2.55. The van der Waals surface area contributed by atoms with E-state index in [1.807, 2.05) is 48.5 Å². The number of fused-ring (bicyclic) bond motifs is 1. The molecule has 1 aliphatic heterocycles. The number of para-hydroxylation sites is 2. The molecule has 0 aliphatic carbocycles. The maximum absolute atomic E-state index is 12.4. The first-order valence-electron chi connectivity index (χ1n) is 7.03. The standard InChI is InChI=1S/C17H16INO3/c1-19(17(20)12-6-8-13(18)9-7-12)10-14-11-21-15-4-2-3-5-16(15)22-14/h2-9,14H,10-11H2,1H3. The van der Waals surface area contributed by atoms with E-state index in [4.69, 9.17) is 9.47 Å².